The van der Waals surface area contributed by atoms with Gasteiger partial charge in [-0.1, -0.05) is 6.07 Å². The maximum atomic E-state index is 12.4. The van der Waals surface area contributed by atoms with Crippen molar-refractivity contribution in [3.8, 4) is 0 Å². The van der Waals surface area contributed by atoms with Crippen molar-refractivity contribution in [2.75, 3.05) is 25.0 Å². The van der Waals surface area contributed by atoms with Gasteiger partial charge in [-0.3, -0.25) is 9.59 Å². The van der Waals surface area contributed by atoms with Crippen LogP contribution in [0, 0.1) is 0 Å². The number of hydrogen-bond donors (Lipinski definition) is 1. The van der Waals surface area contributed by atoms with Gasteiger partial charge in [0.05, 0.1) is 0 Å². The van der Waals surface area contributed by atoms with Gasteiger partial charge >= 0.3 is 0 Å². The Morgan fingerprint density at radius 3 is 2.76 bits per heavy atom. The van der Waals surface area contributed by atoms with E-state index < -0.39 is 0 Å². The third-order valence-electron chi connectivity index (χ3n) is 3.80. The molecule has 0 aliphatic carbocycles. The summed E-state index contributed by atoms with van der Waals surface area (Å²) in [5, 5.41) is 0. The molecule has 2 rings (SSSR count). The van der Waals surface area contributed by atoms with Crippen molar-refractivity contribution in [1.29, 1.82) is 0 Å². The predicted molar refractivity (Wildman–Crippen MR) is 85.9 cm³/mol. The van der Waals surface area contributed by atoms with Crippen molar-refractivity contribution < 1.29 is 9.59 Å². The van der Waals surface area contributed by atoms with E-state index in [9.17, 15) is 9.59 Å². The van der Waals surface area contributed by atoms with Crippen molar-refractivity contribution in [3.05, 3.63) is 29.8 Å². The number of nitrogens with two attached hydrogens (primary N) is 1. The van der Waals surface area contributed by atoms with E-state index >= 15 is 0 Å². The molecule has 0 spiro atoms. The summed E-state index contributed by atoms with van der Waals surface area (Å²) >= 11 is 0. The third-order valence-corrected chi connectivity index (χ3v) is 3.80. The van der Waals surface area contributed by atoms with Crippen molar-refractivity contribution in [3.63, 3.8) is 0 Å². The number of amides is 2. The first-order chi connectivity index (χ1) is 9.54. The maximum absolute atomic E-state index is 12.4. The molecule has 0 aromatic heterocycles. The normalized spacial score (nSPS) is 15.6. The number of carbonyl (C=O) groups is 2. The molecule has 1 unspecified atom stereocenters. The van der Waals surface area contributed by atoms with Gasteiger partial charge in [-0.25, -0.2) is 0 Å². The molecule has 1 aliphatic heterocycles. The van der Waals surface area contributed by atoms with Crippen LogP contribution in [0.5, 0.6) is 0 Å². The average Bonchev–Trinajstić information content (AvgIpc) is 2.91. The molecule has 1 aromatic carbocycles. The smallest absolute Gasteiger partial charge is 0.253 e. The minimum atomic E-state index is -0.0727. The predicted octanol–water partition coefficient (Wildman–Crippen LogP) is 1.65. The number of carbonyl (C=O) groups excluding carboxylic acids is 2. The van der Waals surface area contributed by atoms with Crippen LogP contribution in [-0.2, 0) is 4.79 Å². The first-order valence-corrected chi connectivity index (χ1v) is 6.92. The van der Waals surface area contributed by atoms with Gasteiger partial charge in [0.15, 0.2) is 0 Å². The molecular formula is C15H22ClN3O2. The highest BCUT2D eigenvalue weighted by molar-refractivity contribution is 5.99. The number of halogens is 1. The summed E-state index contributed by atoms with van der Waals surface area (Å²) in [7, 11) is 1.74. The molecule has 1 heterocycles. The number of benzene rings is 1. The first-order valence-electron chi connectivity index (χ1n) is 6.92. The van der Waals surface area contributed by atoms with E-state index in [1.807, 2.05) is 19.1 Å². The fraction of sp³-hybridized carbons (Fsp3) is 0.467. The van der Waals surface area contributed by atoms with Crippen LogP contribution in [0.4, 0.5) is 5.69 Å². The standard InChI is InChI=1S/C15H21N3O2.ClH/c1-11(10-16)17(2)15(20)12-5-3-6-13(9-12)18-8-4-7-14(18)19;/h3,5-6,9,11H,4,7-8,10,16H2,1-2H3;1H. The number of nitrogens with zero attached hydrogens (tertiary/aromatic N) is 2. The Morgan fingerprint density at radius 1 is 1.48 bits per heavy atom. The van der Waals surface area contributed by atoms with E-state index in [1.165, 1.54) is 0 Å². The van der Waals surface area contributed by atoms with Crippen LogP contribution in [0.15, 0.2) is 24.3 Å². The largest absolute Gasteiger partial charge is 0.338 e. The average molecular weight is 312 g/mol. The van der Waals surface area contributed by atoms with Gasteiger partial charge in [0.25, 0.3) is 5.91 Å². The van der Waals surface area contributed by atoms with Crippen LogP contribution in [0.3, 0.4) is 0 Å². The van der Waals surface area contributed by atoms with Crippen LogP contribution in [-0.4, -0.2) is 42.9 Å². The Kier molecular flexibility index (Phi) is 6.18. The summed E-state index contributed by atoms with van der Waals surface area (Å²) in [6.45, 7) is 3.06. The van der Waals surface area contributed by atoms with Crippen molar-refractivity contribution in [2.45, 2.75) is 25.8 Å². The number of hydrogen-bond acceptors (Lipinski definition) is 3. The summed E-state index contributed by atoms with van der Waals surface area (Å²) < 4.78 is 0. The van der Waals surface area contributed by atoms with Crippen LogP contribution in [0.2, 0.25) is 0 Å². The Hall–Kier alpha value is -1.59. The fourth-order valence-electron chi connectivity index (χ4n) is 2.29. The zero-order chi connectivity index (χ0) is 14.7. The van der Waals surface area contributed by atoms with E-state index in [0.717, 1.165) is 18.7 Å². The lowest BCUT2D eigenvalue weighted by Gasteiger charge is -2.24. The maximum Gasteiger partial charge on any atom is 0.253 e. The second-order valence-electron chi connectivity index (χ2n) is 5.20. The van der Waals surface area contributed by atoms with Gasteiger partial charge in [0.2, 0.25) is 5.91 Å². The molecule has 116 valence electrons. The Bertz CT molecular complexity index is 521. The highest BCUT2D eigenvalue weighted by atomic mass is 35.5. The molecule has 1 fully saturated rings. The quantitative estimate of drug-likeness (QED) is 0.919. The first kappa shape index (κ1) is 17.5. The molecule has 1 saturated heterocycles. The third kappa shape index (κ3) is 3.74. The molecule has 21 heavy (non-hydrogen) atoms. The highest BCUT2D eigenvalue weighted by Gasteiger charge is 2.23. The van der Waals surface area contributed by atoms with Crippen LogP contribution >= 0.6 is 12.4 Å². The number of rotatable bonds is 4. The molecule has 1 aliphatic rings. The SMILES string of the molecule is CC(CN)N(C)C(=O)c1cccc(N2CCCC2=O)c1.Cl. The summed E-state index contributed by atoms with van der Waals surface area (Å²) in [6, 6.07) is 7.22. The lowest BCUT2D eigenvalue weighted by molar-refractivity contribution is -0.117. The lowest BCUT2D eigenvalue weighted by atomic mass is 10.1. The molecule has 0 radical (unpaired) electrons. The van der Waals surface area contributed by atoms with Crippen LogP contribution in [0.25, 0.3) is 0 Å². The topological polar surface area (TPSA) is 66.6 Å². The van der Waals surface area contributed by atoms with Gasteiger partial charge in [-0.15, -0.1) is 12.4 Å². The minimum absolute atomic E-state index is 0. The van der Waals surface area contributed by atoms with E-state index in [-0.39, 0.29) is 30.3 Å². The monoisotopic (exact) mass is 311 g/mol. The van der Waals surface area contributed by atoms with Gasteiger partial charge in [0, 0.05) is 43.9 Å². The zero-order valence-corrected chi connectivity index (χ0v) is 13.2. The van der Waals surface area contributed by atoms with E-state index in [1.54, 1.807) is 29.0 Å². The molecule has 2 N–H and O–H groups in total. The summed E-state index contributed by atoms with van der Waals surface area (Å²) in [5.41, 5.74) is 6.98. The van der Waals surface area contributed by atoms with Gasteiger partial charge in [0.1, 0.15) is 0 Å². The summed E-state index contributed by atoms with van der Waals surface area (Å²) in [4.78, 5) is 27.5. The molecule has 0 bridgehead atoms. The van der Waals surface area contributed by atoms with Crippen molar-refractivity contribution in [2.24, 2.45) is 5.73 Å². The lowest BCUT2D eigenvalue weighted by Crippen LogP contribution is -2.39. The van der Waals surface area contributed by atoms with E-state index in [0.29, 0.717) is 18.5 Å². The van der Waals surface area contributed by atoms with E-state index in [4.69, 9.17) is 5.73 Å². The second kappa shape index (κ2) is 7.43. The van der Waals surface area contributed by atoms with Crippen molar-refractivity contribution >= 4 is 29.9 Å². The van der Waals surface area contributed by atoms with Crippen LogP contribution in [0.1, 0.15) is 30.1 Å². The zero-order valence-electron chi connectivity index (χ0n) is 12.4. The highest BCUT2D eigenvalue weighted by Crippen LogP contribution is 2.22. The Morgan fingerprint density at radius 2 is 2.19 bits per heavy atom. The van der Waals surface area contributed by atoms with Gasteiger partial charge in [-0.2, -0.15) is 0 Å². The van der Waals surface area contributed by atoms with Gasteiger partial charge < -0.3 is 15.5 Å². The molecule has 5 nitrogen and oxygen atoms in total. The molecule has 2 amide bonds. The Balaban J connectivity index is 0.00000220. The molecular weight excluding hydrogens is 290 g/mol. The molecule has 0 saturated carbocycles. The Labute approximate surface area is 131 Å². The molecule has 1 atom stereocenters. The molecule has 6 heteroatoms. The second-order valence-corrected chi connectivity index (χ2v) is 5.20. The summed E-state index contributed by atoms with van der Waals surface area (Å²) in [5.74, 6) is 0.0507. The summed E-state index contributed by atoms with van der Waals surface area (Å²) in [6.07, 6.45) is 1.46. The number of likely N-dealkylation sites (N-methyl/N-ethyl adjacent to an activating group) is 1. The van der Waals surface area contributed by atoms with E-state index in [2.05, 4.69) is 0 Å². The minimum Gasteiger partial charge on any atom is -0.338 e. The molecule has 1 aromatic rings. The van der Waals surface area contributed by atoms with Crippen molar-refractivity contribution in [1.82, 2.24) is 4.90 Å². The fourth-order valence-corrected chi connectivity index (χ4v) is 2.29. The number of anilines is 1. The van der Waals surface area contributed by atoms with Gasteiger partial charge in [-0.05, 0) is 31.5 Å². The van der Waals surface area contributed by atoms with Crippen LogP contribution < -0.4 is 10.6 Å².